The van der Waals surface area contributed by atoms with Crippen molar-refractivity contribution in [1.29, 1.82) is 0 Å². The standard InChI is InChI=1S/C17H25BrN4O/c1-3-4-12(2)22(18)16-10-21(13-5-7-14(23)8-6-13)17-15(16)9-19-11-20-17/h9-14,23H,3-8H2,1-2H3/t12-,13?,14?/m0/s1. The van der Waals surface area contributed by atoms with Gasteiger partial charge in [0.1, 0.15) is 12.0 Å². The van der Waals surface area contributed by atoms with Gasteiger partial charge in [-0.3, -0.25) is 0 Å². The van der Waals surface area contributed by atoms with Crippen molar-refractivity contribution in [3.8, 4) is 0 Å². The van der Waals surface area contributed by atoms with Crippen molar-refractivity contribution in [1.82, 2.24) is 14.5 Å². The fourth-order valence-electron chi connectivity index (χ4n) is 3.53. The predicted octanol–water partition coefficient (Wildman–Crippen LogP) is 4.21. The lowest BCUT2D eigenvalue weighted by Crippen LogP contribution is -2.23. The summed E-state index contributed by atoms with van der Waals surface area (Å²) in [7, 11) is 0. The van der Waals surface area contributed by atoms with Crippen LogP contribution in [0.25, 0.3) is 11.0 Å². The average Bonchev–Trinajstić information content (AvgIpc) is 2.95. The van der Waals surface area contributed by atoms with Crippen molar-refractivity contribution in [3.05, 3.63) is 18.7 Å². The molecule has 1 saturated carbocycles. The van der Waals surface area contributed by atoms with Crippen molar-refractivity contribution < 1.29 is 5.11 Å². The Labute approximate surface area is 146 Å². The number of fused-ring (bicyclic) bond motifs is 1. The fourth-order valence-corrected chi connectivity index (χ4v) is 4.01. The molecule has 23 heavy (non-hydrogen) atoms. The molecular weight excluding hydrogens is 356 g/mol. The second-order valence-electron chi connectivity index (χ2n) is 6.59. The molecule has 6 heteroatoms. The van der Waals surface area contributed by atoms with E-state index < -0.39 is 0 Å². The van der Waals surface area contributed by atoms with Crippen molar-refractivity contribution in [2.75, 3.05) is 3.93 Å². The summed E-state index contributed by atoms with van der Waals surface area (Å²) in [5, 5.41) is 10.8. The highest BCUT2D eigenvalue weighted by Gasteiger charge is 2.25. The zero-order valence-electron chi connectivity index (χ0n) is 13.8. The molecule has 1 N–H and O–H groups in total. The van der Waals surface area contributed by atoms with Crippen LogP contribution in [0.1, 0.15) is 58.4 Å². The van der Waals surface area contributed by atoms with Crippen molar-refractivity contribution in [2.24, 2.45) is 0 Å². The van der Waals surface area contributed by atoms with Crippen LogP contribution in [0.4, 0.5) is 5.69 Å². The van der Waals surface area contributed by atoms with E-state index in [0.717, 1.165) is 55.2 Å². The Balaban J connectivity index is 1.96. The summed E-state index contributed by atoms with van der Waals surface area (Å²) in [5.41, 5.74) is 2.12. The SMILES string of the molecule is CCC[C@H](C)N(Br)c1cn(C2CCC(O)CC2)c2ncncc12. The highest BCUT2D eigenvalue weighted by molar-refractivity contribution is 9.10. The van der Waals surface area contributed by atoms with Gasteiger partial charge in [0, 0.05) is 40.6 Å². The highest BCUT2D eigenvalue weighted by Crippen LogP contribution is 2.37. The van der Waals surface area contributed by atoms with E-state index >= 15 is 0 Å². The number of nitrogens with zero attached hydrogens (tertiary/aromatic N) is 4. The van der Waals surface area contributed by atoms with Crippen molar-refractivity contribution in [2.45, 2.75) is 70.6 Å². The summed E-state index contributed by atoms with van der Waals surface area (Å²) in [4.78, 5) is 8.75. The van der Waals surface area contributed by atoms with Gasteiger partial charge in [-0.05, 0) is 39.0 Å². The maximum absolute atomic E-state index is 9.76. The Morgan fingerprint density at radius 2 is 2.13 bits per heavy atom. The normalized spacial score (nSPS) is 23.1. The largest absolute Gasteiger partial charge is 0.393 e. The minimum Gasteiger partial charge on any atom is -0.393 e. The molecule has 0 aliphatic heterocycles. The van der Waals surface area contributed by atoms with Gasteiger partial charge in [0.25, 0.3) is 0 Å². The second-order valence-corrected chi connectivity index (χ2v) is 7.36. The number of aliphatic hydroxyl groups is 1. The molecule has 0 unspecified atom stereocenters. The van der Waals surface area contributed by atoms with Crippen LogP contribution in [0.5, 0.6) is 0 Å². The minimum absolute atomic E-state index is 0.139. The number of halogens is 1. The van der Waals surface area contributed by atoms with Gasteiger partial charge in [-0.15, -0.1) is 0 Å². The van der Waals surface area contributed by atoms with E-state index in [4.69, 9.17) is 0 Å². The first-order chi connectivity index (χ1) is 11.1. The predicted molar refractivity (Wildman–Crippen MR) is 96.8 cm³/mol. The maximum Gasteiger partial charge on any atom is 0.145 e. The monoisotopic (exact) mass is 380 g/mol. The van der Waals surface area contributed by atoms with Crippen LogP contribution in [-0.4, -0.2) is 31.8 Å². The molecule has 2 aromatic heterocycles. The molecule has 0 bridgehead atoms. The maximum atomic E-state index is 9.76. The zero-order valence-corrected chi connectivity index (χ0v) is 15.4. The Kier molecular flexibility index (Phi) is 5.21. The quantitative estimate of drug-likeness (QED) is 0.789. The highest BCUT2D eigenvalue weighted by atomic mass is 79.9. The van der Waals surface area contributed by atoms with E-state index in [1.807, 2.05) is 6.20 Å². The number of rotatable bonds is 5. The number of hydrogen-bond acceptors (Lipinski definition) is 4. The molecule has 3 rings (SSSR count). The molecule has 2 heterocycles. The van der Waals surface area contributed by atoms with E-state index in [1.165, 1.54) is 0 Å². The molecule has 1 atom stereocenters. The van der Waals surface area contributed by atoms with Crippen LogP contribution in [0, 0.1) is 0 Å². The van der Waals surface area contributed by atoms with E-state index in [0.29, 0.717) is 12.1 Å². The first kappa shape index (κ1) is 16.7. The third kappa shape index (κ3) is 3.38. The summed E-state index contributed by atoms with van der Waals surface area (Å²) in [6, 6.07) is 0.819. The summed E-state index contributed by atoms with van der Waals surface area (Å²) in [5.74, 6) is 0. The summed E-state index contributed by atoms with van der Waals surface area (Å²) in [6.07, 6.45) is 11.6. The Morgan fingerprint density at radius 3 is 2.83 bits per heavy atom. The van der Waals surface area contributed by atoms with Crippen LogP contribution >= 0.6 is 16.1 Å². The van der Waals surface area contributed by atoms with Crippen LogP contribution < -0.4 is 3.93 Å². The lowest BCUT2D eigenvalue weighted by molar-refractivity contribution is 0.111. The molecule has 0 saturated heterocycles. The summed E-state index contributed by atoms with van der Waals surface area (Å²) < 4.78 is 4.45. The van der Waals surface area contributed by atoms with E-state index in [9.17, 15) is 5.11 Å². The topological polar surface area (TPSA) is 54.2 Å². The lowest BCUT2D eigenvalue weighted by atomic mass is 9.93. The number of anilines is 1. The van der Waals surface area contributed by atoms with Gasteiger partial charge < -0.3 is 13.6 Å². The molecule has 0 amide bonds. The Hall–Kier alpha value is -1.14. The summed E-state index contributed by atoms with van der Waals surface area (Å²) >= 11 is 3.74. The second kappa shape index (κ2) is 7.18. The number of aliphatic hydroxyl groups excluding tert-OH is 1. The third-order valence-electron chi connectivity index (χ3n) is 4.86. The first-order valence-electron chi connectivity index (χ1n) is 8.55. The van der Waals surface area contributed by atoms with Gasteiger partial charge >= 0.3 is 0 Å². The Morgan fingerprint density at radius 1 is 1.39 bits per heavy atom. The van der Waals surface area contributed by atoms with E-state index in [-0.39, 0.29) is 6.10 Å². The fraction of sp³-hybridized carbons (Fsp3) is 0.647. The Bertz CT molecular complexity index is 615. The average molecular weight is 381 g/mol. The number of aromatic nitrogens is 3. The molecule has 126 valence electrons. The molecule has 0 aromatic carbocycles. The first-order valence-corrected chi connectivity index (χ1v) is 9.26. The molecule has 0 radical (unpaired) electrons. The van der Waals surface area contributed by atoms with Crippen LogP contribution in [0.15, 0.2) is 18.7 Å². The molecule has 2 aromatic rings. The van der Waals surface area contributed by atoms with Crippen LogP contribution in [-0.2, 0) is 0 Å². The van der Waals surface area contributed by atoms with Crippen LogP contribution in [0.3, 0.4) is 0 Å². The van der Waals surface area contributed by atoms with Gasteiger partial charge in [-0.1, -0.05) is 13.3 Å². The molecule has 1 aliphatic rings. The van der Waals surface area contributed by atoms with E-state index in [1.54, 1.807) is 6.33 Å². The lowest BCUT2D eigenvalue weighted by Gasteiger charge is -2.27. The van der Waals surface area contributed by atoms with Gasteiger partial charge in [-0.2, -0.15) is 0 Å². The van der Waals surface area contributed by atoms with Gasteiger partial charge in [0.2, 0.25) is 0 Å². The smallest absolute Gasteiger partial charge is 0.145 e. The number of hydrogen-bond donors (Lipinski definition) is 1. The molecule has 1 fully saturated rings. The molecule has 0 spiro atoms. The third-order valence-corrected chi connectivity index (χ3v) is 5.94. The molecular formula is C17H25BrN4O. The van der Waals surface area contributed by atoms with Gasteiger partial charge in [-0.25, -0.2) is 9.97 Å². The minimum atomic E-state index is -0.139. The summed E-state index contributed by atoms with van der Waals surface area (Å²) in [6.45, 7) is 4.43. The van der Waals surface area contributed by atoms with Crippen molar-refractivity contribution in [3.63, 3.8) is 0 Å². The van der Waals surface area contributed by atoms with E-state index in [2.05, 4.69) is 54.7 Å². The molecule has 5 nitrogen and oxygen atoms in total. The molecule has 1 aliphatic carbocycles. The van der Waals surface area contributed by atoms with Crippen molar-refractivity contribution >= 4 is 32.9 Å². The van der Waals surface area contributed by atoms with Crippen LogP contribution in [0.2, 0.25) is 0 Å². The zero-order chi connectivity index (χ0) is 16.4. The van der Waals surface area contributed by atoms with Gasteiger partial charge in [0.05, 0.1) is 17.2 Å². The van der Waals surface area contributed by atoms with Gasteiger partial charge in [0.15, 0.2) is 0 Å².